The summed E-state index contributed by atoms with van der Waals surface area (Å²) in [5.74, 6) is 0.637. The topological polar surface area (TPSA) is 57.6 Å². The van der Waals surface area contributed by atoms with Crippen LogP contribution in [-0.2, 0) is 10.0 Å². The summed E-state index contributed by atoms with van der Waals surface area (Å²) in [6.07, 6.45) is 3.87. The fourth-order valence-corrected chi connectivity index (χ4v) is 3.19. The molecule has 0 aromatic rings. The molecule has 0 amide bonds. The predicted molar refractivity (Wildman–Crippen MR) is 64.6 cm³/mol. The third-order valence-corrected chi connectivity index (χ3v) is 4.75. The quantitative estimate of drug-likeness (QED) is 0.810. The largest absolute Gasteiger partial charge is 0.393 e. The van der Waals surface area contributed by atoms with Gasteiger partial charge in [-0.25, -0.2) is 12.7 Å². The van der Waals surface area contributed by atoms with Crippen LogP contribution in [0, 0.1) is 11.8 Å². The number of aliphatic hydroxyl groups is 1. The van der Waals surface area contributed by atoms with Crippen molar-refractivity contribution in [2.75, 3.05) is 19.3 Å². The summed E-state index contributed by atoms with van der Waals surface area (Å²) in [6, 6.07) is 0. The lowest BCUT2D eigenvalue weighted by molar-refractivity contribution is 0.108. The number of hydrogen-bond donors (Lipinski definition) is 1. The van der Waals surface area contributed by atoms with Gasteiger partial charge in [0.05, 0.1) is 12.4 Å². The molecule has 1 aliphatic rings. The van der Waals surface area contributed by atoms with E-state index in [2.05, 4.69) is 0 Å². The summed E-state index contributed by atoms with van der Waals surface area (Å²) in [4.78, 5) is 0. The van der Waals surface area contributed by atoms with Gasteiger partial charge in [-0.05, 0) is 38.0 Å². The van der Waals surface area contributed by atoms with Gasteiger partial charge >= 0.3 is 0 Å². The van der Waals surface area contributed by atoms with Crippen LogP contribution in [0.1, 0.15) is 33.1 Å². The van der Waals surface area contributed by atoms with E-state index in [9.17, 15) is 13.5 Å². The van der Waals surface area contributed by atoms with Crippen LogP contribution in [0.4, 0.5) is 0 Å². The SMILES string of the molecule is CC(O)C(C)CC1CCCN(S(C)(=O)=O)C1. The average Bonchev–Trinajstić information content (AvgIpc) is 2.16. The second-order valence-electron chi connectivity index (χ2n) is 5.08. The zero-order chi connectivity index (χ0) is 12.3. The van der Waals surface area contributed by atoms with Crippen molar-refractivity contribution in [1.82, 2.24) is 4.31 Å². The highest BCUT2D eigenvalue weighted by Crippen LogP contribution is 2.25. The highest BCUT2D eigenvalue weighted by Gasteiger charge is 2.27. The molecule has 1 heterocycles. The zero-order valence-corrected chi connectivity index (χ0v) is 11.2. The van der Waals surface area contributed by atoms with Crippen molar-refractivity contribution < 1.29 is 13.5 Å². The first-order chi connectivity index (χ1) is 7.30. The maximum Gasteiger partial charge on any atom is 0.211 e. The van der Waals surface area contributed by atoms with Gasteiger partial charge in [0, 0.05) is 13.1 Å². The lowest BCUT2D eigenvalue weighted by Crippen LogP contribution is -2.40. The monoisotopic (exact) mass is 249 g/mol. The highest BCUT2D eigenvalue weighted by atomic mass is 32.2. The summed E-state index contributed by atoms with van der Waals surface area (Å²) in [5.41, 5.74) is 0. The molecule has 96 valence electrons. The maximum absolute atomic E-state index is 11.4. The molecular weight excluding hydrogens is 226 g/mol. The Balaban J connectivity index is 2.51. The van der Waals surface area contributed by atoms with Crippen molar-refractivity contribution >= 4 is 10.0 Å². The lowest BCUT2D eigenvalue weighted by Gasteiger charge is -2.32. The van der Waals surface area contributed by atoms with Crippen molar-refractivity contribution in [3.05, 3.63) is 0 Å². The van der Waals surface area contributed by atoms with Crippen LogP contribution in [0.15, 0.2) is 0 Å². The Hall–Kier alpha value is -0.130. The van der Waals surface area contributed by atoms with Crippen molar-refractivity contribution in [2.24, 2.45) is 11.8 Å². The third-order valence-electron chi connectivity index (χ3n) is 3.48. The molecule has 4 nitrogen and oxygen atoms in total. The highest BCUT2D eigenvalue weighted by molar-refractivity contribution is 7.88. The molecule has 1 saturated heterocycles. The van der Waals surface area contributed by atoms with Crippen LogP contribution >= 0.6 is 0 Å². The van der Waals surface area contributed by atoms with E-state index in [-0.39, 0.29) is 12.0 Å². The van der Waals surface area contributed by atoms with E-state index in [4.69, 9.17) is 0 Å². The van der Waals surface area contributed by atoms with Crippen LogP contribution in [0.2, 0.25) is 0 Å². The van der Waals surface area contributed by atoms with Gasteiger partial charge in [0.2, 0.25) is 10.0 Å². The lowest BCUT2D eigenvalue weighted by atomic mass is 9.88. The normalized spacial score (nSPS) is 27.6. The van der Waals surface area contributed by atoms with Crippen molar-refractivity contribution in [3.8, 4) is 0 Å². The Bertz CT molecular complexity index is 313. The van der Waals surface area contributed by atoms with Crippen LogP contribution in [0.3, 0.4) is 0 Å². The Morgan fingerprint density at radius 2 is 2.06 bits per heavy atom. The van der Waals surface area contributed by atoms with Crippen molar-refractivity contribution in [3.63, 3.8) is 0 Å². The van der Waals surface area contributed by atoms with Gasteiger partial charge in [-0.3, -0.25) is 0 Å². The van der Waals surface area contributed by atoms with E-state index >= 15 is 0 Å². The summed E-state index contributed by atoms with van der Waals surface area (Å²) in [6.45, 7) is 5.08. The number of rotatable bonds is 4. The second kappa shape index (κ2) is 5.47. The van der Waals surface area contributed by atoms with Gasteiger partial charge in [0.25, 0.3) is 0 Å². The molecule has 3 unspecified atom stereocenters. The Morgan fingerprint density at radius 1 is 1.44 bits per heavy atom. The van der Waals surface area contributed by atoms with Gasteiger partial charge in [0.1, 0.15) is 0 Å². The minimum absolute atomic E-state index is 0.240. The molecule has 1 rings (SSSR count). The van der Waals surface area contributed by atoms with E-state index in [1.807, 2.05) is 6.92 Å². The first kappa shape index (κ1) is 13.9. The van der Waals surface area contributed by atoms with Crippen molar-refractivity contribution in [1.29, 1.82) is 0 Å². The van der Waals surface area contributed by atoms with E-state index in [1.165, 1.54) is 6.26 Å². The van der Waals surface area contributed by atoms with Crippen molar-refractivity contribution in [2.45, 2.75) is 39.2 Å². The van der Waals surface area contributed by atoms with Crippen LogP contribution < -0.4 is 0 Å². The first-order valence-corrected chi connectivity index (χ1v) is 7.78. The van der Waals surface area contributed by atoms with E-state index < -0.39 is 10.0 Å². The molecule has 5 heteroatoms. The number of aliphatic hydroxyl groups excluding tert-OH is 1. The molecule has 0 aromatic carbocycles. The Morgan fingerprint density at radius 3 is 2.56 bits per heavy atom. The minimum atomic E-state index is -3.04. The van der Waals surface area contributed by atoms with Crippen LogP contribution in [0.25, 0.3) is 0 Å². The fraction of sp³-hybridized carbons (Fsp3) is 1.00. The second-order valence-corrected chi connectivity index (χ2v) is 7.07. The molecule has 0 aliphatic carbocycles. The van der Waals surface area contributed by atoms with Crippen LogP contribution in [0.5, 0.6) is 0 Å². The molecule has 0 aromatic heterocycles. The Kier molecular flexibility index (Phi) is 4.76. The summed E-state index contributed by atoms with van der Waals surface area (Å²) in [7, 11) is -3.04. The van der Waals surface area contributed by atoms with Crippen LogP contribution in [-0.4, -0.2) is 43.3 Å². The molecule has 1 N–H and O–H groups in total. The fourth-order valence-electron chi connectivity index (χ4n) is 2.24. The number of piperidine rings is 1. The molecular formula is C11H23NO3S. The zero-order valence-electron chi connectivity index (χ0n) is 10.4. The average molecular weight is 249 g/mol. The predicted octanol–water partition coefficient (Wildman–Crippen LogP) is 1.06. The van der Waals surface area contributed by atoms with Gasteiger partial charge < -0.3 is 5.11 Å². The molecule has 1 aliphatic heterocycles. The van der Waals surface area contributed by atoms with Gasteiger partial charge in [-0.1, -0.05) is 6.92 Å². The van der Waals surface area contributed by atoms with E-state index in [0.29, 0.717) is 19.0 Å². The number of nitrogens with zero attached hydrogens (tertiary/aromatic N) is 1. The minimum Gasteiger partial charge on any atom is -0.393 e. The summed E-state index contributed by atoms with van der Waals surface area (Å²) in [5, 5.41) is 9.45. The van der Waals surface area contributed by atoms with Gasteiger partial charge in [0.15, 0.2) is 0 Å². The number of sulfonamides is 1. The smallest absolute Gasteiger partial charge is 0.211 e. The maximum atomic E-state index is 11.4. The van der Waals surface area contributed by atoms with Gasteiger partial charge in [-0.2, -0.15) is 0 Å². The molecule has 0 radical (unpaired) electrons. The molecule has 3 atom stereocenters. The Labute approximate surface area is 98.7 Å². The van der Waals surface area contributed by atoms with Gasteiger partial charge in [-0.15, -0.1) is 0 Å². The first-order valence-electron chi connectivity index (χ1n) is 5.94. The van der Waals surface area contributed by atoms with E-state index in [1.54, 1.807) is 11.2 Å². The summed E-state index contributed by atoms with van der Waals surface area (Å²) >= 11 is 0. The summed E-state index contributed by atoms with van der Waals surface area (Å²) < 4.78 is 24.4. The molecule has 16 heavy (non-hydrogen) atoms. The standard InChI is InChI=1S/C11H23NO3S/c1-9(10(2)13)7-11-5-4-6-12(8-11)16(3,14)15/h9-11,13H,4-8H2,1-3H3. The molecule has 0 saturated carbocycles. The number of hydrogen-bond acceptors (Lipinski definition) is 3. The molecule has 0 spiro atoms. The molecule has 0 bridgehead atoms. The molecule has 1 fully saturated rings. The third kappa shape index (κ3) is 4.03. The van der Waals surface area contributed by atoms with E-state index in [0.717, 1.165) is 19.3 Å².